The third-order valence-electron chi connectivity index (χ3n) is 4.34. The smallest absolute Gasteiger partial charge is 0.240 e. The molecule has 0 aromatic heterocycles. The Labute approximate surface area is 170 Å². The van der Waals surface area contributed by atoms with E-state index in [2.05, 4.69) is 10.0 Å². The van der Waals surface area contributed by atoms with Crippen LogP contribution in [0.15, 0.2) is 77.7 Å². The zero-order valence-electron chi connectivity index (χ0n) is 16.0. The van der Waals surface area contributed by atoms with E-state index in [4.69, 9.17) is 4.74 Å². The number of hydrogen-bond acceptors (Lipinski definition) is 4. The number of carbonyl (C=O) groups is 1. The Bertz CT molecular complexity index is 1050. The molecule has 7 heteroatoms. The Hall–Kier alpha value is -2.90. The van der Waals surface area contributed by atoms with Gasteiger partial charge in [-0.1, -0.05) is 48.5 Å². The van der Waals surface area contributed by atoms with Gasteiger partial charge in [-0.15, -0.1) is 0 Å². The van der Waals surface area contributed by atoms with Crippen LogP contribution in [-0.4, -0.2) is 34.0 Å². The fraction of sp³-hybridized carbons (Fsp3) is 0.227. The van der Waals surface area contributed by atoms with E-state index in [9.17, 15) is 13.2 Å². The van der Waals surface area contributed by atoms with E-state index in [1.807, 2.05) is 54.6 Å². The van der Waals surface area contributed by atoms with Crippen molar-refractivity contribution in [2.75, 3.05) is 19.7 Å². The summed E-state index contributed by atoms with van der Waals surface area (Å²) >= 11 is 0. The van der Waals surface area contributed by atoms with Crippen LogP contribution in [0.1, 0.15) is 12.8 Å². The predicted molar refractivity (Wildman–Crippen MR) is 113 cm³/mol. The topological polar surface area (TPSA) is 84.5 Å². The van der Waals surface area contributed by atoms with Crippen LogP contribution in [0.2, 0.25) is 0 Å². The van der Waals surface area contributed by atoms with E-state index in [-0.39, 0.29) is 23.8 Å². The van der Waals surface area contributed by atoms with Crippen LogP contribution >= 0.6 is 0 Å². The van der Waals surface area contributed by atoms with Crippen LogP contribution in [0, 0.1) is 0 Å². The third kappa shape index (κ3) is 6.30. The number of nitrogens with one attached hydrogen (secondary N) is 2. The highest BCUT2D eigenvalue weighted by Crippen LogP contribution is 2.18. The zero-order valence-corrected chi connectivity index (χ0v) is 16.8. The lowest BCUT2D eigenvalue weighted by Crippen LogP contribution is -2.30. The first-order valence-electron chi connectivity index (χ1n) is 9.48. The Balaban J connectivity index is 1.37. The van der Waals surface area contributed by atoms with Gasteiger partial charge in [-0.2, -0.15) is 0 Å². The van der Waals surface area contributed by atoms with Crippen LogP contribution in [0.3, 0.4) is 0 Å². The largest absolute Gasteiger partial charge is 0.492 e. The maximum atomic E-state index is 12.4. The lowest BCUT2D eigenvalue weighted by molar-refractivity contribution is -0.121. The molecule has 2 N–H and O–H groups in total. The first-order valence-corrected chi connectivity index (χ1v) is 11.0. The molecule has 0 atom stereocenters. The van der Waals surface area contributed by atoms with Gasteiger partial charge in [0.15, 0.2) is 0 Å². The summed E-state index contributed by atoms with van der Waals surface area (Å²) in [6.45, 7) is 0.976. The minimum Gasteiger partial charge on any atom is -0.492 e. The summed E-state index contributed by atoms with van der Waals surface area (Å²) in [5.74, 6) is 0.622. The second-order valence-electron chi connectivity index (χ2n) is 6.52. The molecule has 3 aromatic carbocycles. The number of amides is 1. The van der Waals surface area contributed by atoms with Gasteiger partial charge in [0.1, 0.15) is 12.4 Å². The van der Waals surface area contributed by atoms with Crippen molar-refractivity contribution in [1.82, 2.24) is 10.0 Å². The second-order valence-corrected chi connectivity index (χ2v) is 8.29. The predicted octanol–water partition coefficient (Wildman–Crippen LogP) is 3.09. The molecular formula is C22H24N2O4S. The van der Waals surface area contributed by atoms with Gasteiger partial charge in [0.05, 0.1) is 11.4 Å². The molecule has 1 amide bonds. The van der Waals surface area contributed by atoms with Crippen molar-refractivity contribution in [2.24, 2.45) is 0 Å². The van der Waals surface area contributed by atoms with E-state index >= 15 is 0 Å². The lowest BCUT2D eigenvalue weighted by atomic mass is 10.1. The highest BCUT2D eigenvalue weighted by molar-refractivity contribution is 7.89. The highest BCUT2D eigenvalue weighted by Gasteiger charge is 2.14. The van der Waals surface area contributed by atoms with Crippen LogP contribution in [-0.2, 0) is 14.8 Å². The number of benzene rings is 3. The second kappa shape index (κ2) is 10.0. The maximum Gasteiger partial charge on any atom is 0.240 e. The summed E-state index contributed by atoms with van der Waals surface area (Å²) in [7, 11) is -3.60. The maximum absolute atomic E-state index is 12.4. The molecule has 29 heavy (non-hydrogen) atoms. The van der Waals surface area contributed by atoms with Gasteiger partial charge in [0, 0.05) is 13.0 Å². The molecular weight excluding hydrogens is 388 g/mol. The van der Waals surface area contributed by atoms with Crippen molar-refractivity contribution >= 4 is 26.7 Å². The molecule has 3 aromatic rings. The molecule has 3 rings (SSSR count). The minimum atomic E-state index is -3.60. The standard InChI is InChI=1S/C22H24N2O4S/c25-22(23-15-16-28-20-9-2-1-3-10-20)11-6-14-24-29(26,27)21-13-12-18-7-4-5-8-19(18)17-21/h1-5,7-10,12-13,17,24H,6,11,14-16H2,(H,23,25). The number of ether oxygens (including phenoxy) is 1. The van der Waals surface area contributed by atoms with Crippen molar-refractivity contribution < 1.29 is 17.9 Å². The Morgan fingerprint density at radius 3 is 2.38 bits per heavy atom. The first kappa shape index (κ1) is 20.8. The van der Waals surface area contributed by atoms with Gasteiger partial charge in [-0.05, 0) is 41.5 Å². The van der Waals surface area contributed by atoms with E-state index in [1.54, 1.807) is 18.2 Å². The summed E-state index contributed by atoms with van der Waals surface area (Å²) in [6, 6.07) is 22.0. The fourth-order valence-electron chi connectivity index (χ4n) is 2.84. The number of hydrogen-bond donors (Lipinski definition) is 2. The first-order chi connectivity index (χ1) is 14.0. The van der Waals surface area contributed by atoms with Gasteiger partial charge in [0.25, 0.3) is 0 Å². The van der Waals surface area contributed by atoms with Crippen molar-refractivity contribution in [3.05, 3.63) is 72.8 Å². The van der Waals surface area contributed by atoms with Crippen LogP contribution in [0.4, 0.5) is 0 Å². The Morgan fingerprint density at radius 1 is 0.862 bits per heavy atom. The van der Waals surface area contributed by atoms with Crippen molar-refractivity contribution in [2.45, 2.75) is 17.7 Å². The average molecular weight is 413 g/mol. The molecule has 0 fully saturated rings. The molecule has 0 saturated carbocycles. The summed E-state index contributed by atoms with van der Waals surface area (Å²) in [6.07, 6.45) is 0.657. The van der Waals surface area contributed by atoms with E-state index in [1.165, 1.54) is 0 Å². The van der Waals surface area contributed by atoms with E-state index in [0.717, 1.165) is 16.5 Å². The number of sulfonamides is 1. The van der Waals surface area contributed by atoms with Crippen molar-refractivity contribution in [3.8, 4) is 5.75 Å². The Morgan fingerprint density at radius 2 is 1.59 bits per heavy atom. The van der Waals surface area contributed by atoms with E-state index in [0.29, 0.717) is 19.6 Å². The number of carbonyl (C=O) groups excluding carboxylic acids is 1. The van der Waals surface area contributed by atoms with E-state index < -0.39 is 10.0 Å². The average Bonchev–Trinajstić information content (AvgIpc) is 2.75. The molecule has 0 aliphatic rings. The van der Waals surface area contributed by atoms with Gasteiger partial charge < -0.3 is 10.1 Å². The summed E-state index contributed by atoms with van der Waals surface area (Å²) < 4.78 is 32.9. The molecule has 0 aliphatic carbocycles. The molecule has 0 unspecified atom stereocenters. The van der Waals surface area contributed by atoms with Crippen LogP contribution in [0.25, 0.3) is 10.8 Å². The molecule has 0 saturated heterocycles. The monoisotopic (exact) mass is 412 g/mol. The zero-order chi connectivity index (χ0) is 20.5. The molecule has 0 radical (unpaired) electrons. The summed E-state index contributed by atoms with van der Waals surface area (Å²) in [5, 5.41) is 4.61. The normalized spacial score (nSPS) is 11.3. The fourth-order valence-corrected chi connectivity index (χ4v) is 3.95. The number of rotatable bonds is 10. The molecule has 0 spiro atoms. The molecule has 0 aliphatic heterocycles. The summed E-state index contributed by atoms with van der Waals surface area (Å²) in [5.41, 5.74) is 0. The molecule has 0 heterocycles. The van der Waals surface area contributed by atoms with Crippen LogP contribution in [0.5, 0.6) is 5.75 Å². The van der Waals surface area contributed by atoms with Gasteiger partial charge in [-0.3, -0.25) is 4.79 Å². The van der Waals surface area contributed by atoms with Crippen LogP contribution < -0.4 is 14.8 Å². The number of fused-ring (bicyclic) bond motifs is 1. The van der Waals surface area contributed by atoms with Gasteiger partial charge >= 0.3 is 0 Å². The Kier molecular flexibility index (Phi) is 7.21. The summed E-state index contributed by atoms with van der Waals surface area (Å²) in [4.78, 5) is 12.1. The minimum absolute atomic E-state index is 0.133. The number of para-hydroxylation sites is 1. The molecule has 0 bridgehead atoms. The van der Waals surface area contributed by atoms with Gasteiger partial charge in [-0.25, -0.2) is 13.1 Å². The van der Waals surface area contributed by atoms with Crippen molar-refractivity contribution in [3.63, 3.8) is 0 Å². The van der Waals surface area contributed by atoms with Crippen molar-refractivity contribution in [1.29, 1.82) is 0 Å². The molecule has 6 nitrogen and oxygen atoms in total. The lowest BCUT2D eigenvalue weighted by Gasteiger charge is -2.09. The highest BCUT2D eigenvalue weighted by atomic mass is 32.2. The van der Waals surface area contributed by atoms with Gasteiger partial charge in [0.2, 0.25) is 15.9 Å². The quantitative estimate of drug-likeness (QED) is 0.501. The third-order valence-corrected chi connectivity index (χ3v) is 5.80. The SMILES string of the molecule is O=C(CCCNS(=O)(=O)c1ccc2ccccc2c1)NCCOc1ccccc1. The molecule has 152 valence electrons.